The lowest BCUT2D eigenvalue weighted by Gasteiger charge is -2.26. The number of amides is 1. The molecule has 4 atom stereocenters. The molecule has 24 heavy (non-hydrogen) atoms. The third-order valence-electron chi connectivity index (χ3n) is 5.56. The van der Waals surface area contributed by atoms with Crippen molar-refractivity contribution in [1.82, 2.24) is 10.2 Å². The summed E-state index contributed by atoms with van der Waals surface area (Å²) in [5.41, 5.74) is 0.630. The molecule has 0 bridgehead atoms. The number of carbonyl (C=O) groups is 2. The van der Waals surface area contributed by atoms with Gasteiger partial charge in [0, 0.05) is 17.6 Å². The van der Waals surface area contributed by atoms with Gasteiger partial charge in [0.15, 0.2) is 0 Å². The van der Waals surface area contributed by atoms with E-state index in [0.717, 1.165) is 18.5 Å². The quantitative estimate of drug-likeness (QED) is 0.875. The SMILES string of the molecule is CN1CCC(NC(=O)[C@@H]2[C@H](C(=O)O)C2(C)C)C1c1ccc(Cl)cc1. The van der Waals surface area contributed by atoms with Crippen LogP contribution in [0.4, 0.5) is 0 Å². The molecule has 2 N–H and O–H groups in total. The van der Waals surface area contributed by atoms with Crippen LogP contribution in [0.1, 0.15) is 31.9 Å². The third kappa shape index (κ3) is 2.91. The number of hydrogen-bond donors (Lipinski definition) is 2. The summed E-state index contributed by atoms with van der Waals surface area (Å²) in [5.74, 6) is -2.08. The van der Waals surface area contributed by atoms with Crippen LogP contribution in [0, 0.1) is 17.3 Å². The molecule has 0 aromatic heterocycles. The molecule has 2 unspecified atom stereocenters. The molecule has 6 heteroatoms. The number of rotatable bonds is 4. The van der Waals surface area contributed by atoms with Gasteiger partial charge in [-0.15, -0.1) is 0 Å². The zero-order valence-corrected chi connectivity index (χ0v) is 14.9. The first-order valence-electron chi connectivity index (χ1n) is 8.22. The second-order valence-corrected chi connectivity index (χ2v) is 7.93. The van der Waals surface area contributed by atoms with Crippen molar-refractivity contribution in [3.8, 4) is 0 Å². The van der Waals surface area contributed by atoms with E-state index in [9.17, 15) is 14.7 Å². The van der Waals surface area contributed by atoms with Gasteiger partial charge in [-0.05, 0) is 36.6 Å². The highest BCUT2D eigenvalue weighted by Gasteiger charge is 2.66. The first kappa shape index (κ1) is 17.2. The number of aliphatic carboxylic acids is 1. The standard InChI is InChI=1S/C18H23ClN2O3/c1-18(2)13(14(18)17(23)24)16(22)20-12-8-9-21(3)15(12)10-4-6-11(19)7-5-10/h4-7,12-15H,8-9H2,1-3H3,(H,20,22)(H,23,24)/t12?,13-,14+,15?/m0/s1. The van der Waals surface area contributed by atoms with Crippen molar-refractivity contribution in [2.75, 3.05) is 13.6 Å². The average molecular weight is 351 g/mol. The van der Waals surface area contributed by atoms with Gasteiger partial charge in [-0.25, -0.2) is 0 Å². The minimum absolute atomic E-state index is 0.0190. The maximum Gasteiger partial charge on any atom is 0.307 e. The van der Waals surface area contributed by atoms with E-state index in [4.69, 9.17) is 11.6 Å². The van der Waals surface area contributed by atoms with Crippen molar-refractivity contribution in [3.63, 3.8) is 0 Å². The fourth-order valence-electron chi connectivity index (χ4n) is 4.11. The van der Waals surface area contributed by atoms with Crippen LogP contribution in [0.25, 0.3) is 0 Å². The monoisotopic (exact) mass is 350 g/mol. The number of halogens is 1. The Bertz CT molecular complexity index is 659. The molecular formula is C18H23ClN2O3. The fourth-order valence-corrected chi connectivity index (χ4v) is 4.23. The van der Waals surface area contributed by atoms with E-state index in [1.807, 2.05) is 45.2 Å². The minimum Gasteiger partial charge on any atom is -0.481 e. The summed E-state index contributed by atoms with van der Waals surface area (Å²) >= 11 is 5.96. The second kappa shape index (κ2) is 6.05. The number of carboxylic acids is 1. The maximum atomic E-state index is 12.6. The van der Waals surface area contributed by atoms with Gasteiger partial charge in [0.25, 0.3) is 0 Å². The first-order chi connectivity index (χ1) is 11.2. The summed E-state index contributed by atoms with van der Waals surface area (Å²) in [5, 5.41) is 13.0. The Morgan fingerprint density at radius 3 is 2.42 bits per heavy atom. The highest BCUT2D eigenvalue weighted by molar-refractivity contribution is 6.30. The van der Waals surface area contributed by atoms with Crippen LogP contribution in [0.2, 0.25) is 5.02 Å². The Balaban J connectivity index is 1.73. The predicted octanol–water partition coefficient (Wildman–Crippen LogP) is 2.56. The molecule has 130 valence electrons. The number of nitrogens with one attached hydrogen (secondary N) is 1. The molecule has 2 fully saturated rings. The molecule has 1 amide bonds. The zero-order valence-electron chi connectivity index (χ0n) is 14.1. The van der Waals surface area contributed by atoms with Crippen molar-refractivity contribution in [2.45, 2.75) is 32.4 Å². The maximum absolute atomic E-state index is 12.6. The average Bonchev–Trinajstić information content (AvgIpc) is 2.92. The number of nitrogens with zero attached hydrogens (tertiary/aromatic N) is 1. The lowest BCUT2D eigenvalue weighted by molar-refractivity contribution is -0.140. The smallest absolute Gasteiger partial charge is 0.307 e. The molecule has 2 aliphatic rings. The third-order valence-corrected chi connectivity index (χ3v) is 5.82. The molecule has 1 aliphatic carbocycles. The van der Waals surface area contributed by atoms with Gasteiger partial charge in [0.05, 0.1) is 17.9 Å². The summed E-state index contributed by atoms with van der Waals surface area (Å²) < 4.78 is 0. The van der Waals surface area contributed by atoms with Crippen molar-refractivity contribution in [3.05, 3.63) is 34.9 Å². The first-order valence-corrected chi connectivity index (χ1v) is 8.60. The Kier molecular flexibility index (Phi) is 4.34. The van der Waals surface area contributed by atoms with Gasteiger partial charge in [-0.1, -0.05) is 37.6 Å². The molecule has 1 saturated carbocycles. The number of likely N-dealkylation sites (N-methyl/N-ethyl adjacent to an activating group) is 1. The van der Waals surface area contributed by atoms with Gasteiger partial charge in [0.2, 0.25) is 5.91 Å². The number of likely N-dealkylation sites (tertiary alicyclic amines) is 1. The highest BCUT2D eigenvalue weighted by atomic mass is 35.5. The van der Waals surface area contributed by atoms with Crippen LogP contribution < -0.4 is 5.32 Å². The normalized spacial score (nSPS) is 31.7. The molecule has 0 spiro atoms. The van der Waals surface area contributed by atoms with Gasteiger partial charge in [-0.2, -0.15) is 0 Å². The Morgan fingerprint density at radius 2 is 1.88 bits per heavy atom. The van der Waals surface area contributed by atoms with Gasteiger partial charge < -0.3 is 10.4 Å². The molecule has 5 nitrogen and oxygen atoms in total. The number of carboxylic acid groups (broad SMARTS) is 1. The van der Waals surface area contributed by atoms with Crippen LogP contribution in [0.5, 0.6) is 0 Å². The molecule has 0 radical (unpaired) electrons. The van der Waals surface area contributed by atoms with Crippen LogP contribution >= 0.6 is 11.6 Å². The van der Waals surface area contributed by atoms with Crippen molar-refractivity contribution < 1.29 is 14.7 Å². The Morgan fingerprint density at radius 1 is 1.25 bits per heavy atom. The summed E-state index contributed by atoms with van der Waals surface area (Å²) in [6.45, 7) is 4.57. The lowest BCUT2D eigenvalue weighted by Crippen LogP contribution is -2.40. The van der Waals surface area contributed by atoms with E-state index >= 15 is 0 Å². The van der Waals surface area contributed by atoms with Crippen molar-refractivity contribution >= 4 is 23.5 Å². The second-order valence-electron chi connectivity index (χ2n) is 7.50. The summed E-state index contributed by atoms with van der Waals surface area (Å²) in [6.07, 6.45) is 0.848. The van der Waals surface area contributed by atoms with E-state index in [2.05, 4.69) is 10.2 Å². The summed E-state index contributed by atoms with van der Waals surface area (Å²) in [6, 6.07) is 7.73. The molecule has 1 saturated heterocycles. The van der Waals surface area contributed by atoms with E-state index < -0.39 is 23.2 Å². The number of benzene rings is 1. The minimum atomic E-state index is -0.891. The Labute approximate surface area is 147 Å². The fraction of sp³-hybridized carbons (Fsp3) is 0.556. The molecular weight excluding hydrogens is 328 g/mol. The van der Waals surface area contributed by atoms with E-state index in [1.165, 1.54) is 0 Å². The lowest BCUT2D eigenvalue weighted by atomic mass is 9.99. The van der Waals surface area contributed by atoms with Gasteiger partial charge in [-0.3, -0.25) is 14.5 Å². The van der Waals surface area contributed by atoms with E-state index in [0.29, 0.717) is 5.02 Å². The van der Waals surface area contributed by atoms with Crippen LogP contribution in [-0.2, 0) is 9.59 Å². The highest BCUT2D eigenvalue weighted by Crippen LogP contribution is 2.58. The summed E-state index contributed by atoms with van der Waals surface area (Å²) in [7, 11) is 2.03. The molecule has 1 aromatic rings. The summed E-state index contributed by atoms with van der Waals surface area (Å²) in [4.78, 5) is 26.1. The predicted molar refractivity (Wildman–Crippen MR) is 91.8 cm³/mol. The van der Waals surface area contributed by atoms with Crippen LogP contribution in [0.3, 0.4) is 0 Å². The molecule has 1 aliphatic heterocycles. The van der Waals surface area contributed by atoms with Crippen LogP contribution in [-0.4, -0.2) is 41.5 Å². The molecule has 1 aromatic carbocycles. The molecule has 1 heterocycles. The van der Waals surface area contributed by atoms with Gasteiger partial charge >= 0.3 is 5.97 Å². The number of carbonyl (C=O) groups excluding carboxylic acids is 1. The number of hydrogen-bond acceptors (Lipinski definition) is 3. The topological polar surface area (TPSA) is 69.6 Å². The van der Waals surface area contributed by atoms with E-state index in [-0.39, 0.29) is 18.0 Å². The van der Waals surface area contributed by atoms with Crippen LogP contribution in [0.15, 0.2) is 24.3 Å². The van der Waals surface area contributed by atoms with E-state index in [1.54, 1.807) is 0 Å². The van der Waals surface area contributed by atoms with Gasteiger partial charge in [0.1, 0.15) is 0 Å². The molecule has 3 rings (SSSR count). The van der Waals surface area contributed by atoms with Crippen molar-refractivity contribution in [2.24, 2.45) is 17.3 Å². The largest absolute Gasteiger partial charge is 0.481 e. The Hall–Kier alpha value is -1.59. The van der Waals surface area contributed by atoms with Crippen molar-refractivity contribution in [1.29, 1.82) is 0 Å². The zero-order chi connectivity index (χ0) is 17.6.